The van der Waals surface area contributed by atoms with Gasteiger partial charge in [-0.3, -0.25) is 9.59 Å². The first-order valence-electron chi connectivity index (χ1n) is 8.24. The number of phenols is 1. The lowest BCUT2D eigenvalue weighted by Crippen LogP contribution is -2.40. The molecule has 0 fully saturated rings. The minimum atomic E-state index is -0.325. The van der Waals surface area contributed by atoms with Crippen LogP contribution in [0.5, 0.6) is 5.75 Å². The molecule has 2 aromatic rings. The van der Waals surface area contributed by atoms with Crippen LogP contribution in [0.15, 0.2) is 48.5 Å². The number of aryl methyl sites for hydroxylation is 1. The molecule has 5 nitrogen and oxygen atoms in total. The number of hydrogen-bond acceptors (Lipinski definition) is 3. The van der Waals surface area contributed by atoms with E-state index in [0.29, 0.717) is 17.7 Å². The molecule has 132 valence electrons. The number of phenolic OH excluding ortho intramolecular Hbond substituents is 1. The van der Waals surface area contributed by atoms with Gasteiger partial charge in [-0.25, -0.2) is 0 Å². The Balaban J connectivity index is 1.96. The number of carbonyl (C=O) groups is 2. The molecule has 0 radical (unpaired) electrons. The van der Waals surface area contributed by atoms with Crippen molar-refractivity contribution in [2.75, 3.05) is 5.32 Å². The number of nitrogens with one attached hydrogen (secondary N) is 2. The van der Waals surface area contributed by atoms with Gasteiger partial charge in [0.1, 0.15) is 5.75 Å². The molecule has 0 aliphatic carbocycles. The average Bonchev–Trinajstić information content (AvgIpc) is 2.53. The molecule has 0 heterocycles. The summed E-state index contributed by atoms with van der Waals surface area (Å²) < 4.78 is 0. The molecule has 3 N–H and O–H groups in total. The van der Waals surface area contributed by atoms with Crippen molar-refractivity contribution < 1.29 is 14.7 Å². The topological polar surface area (TPSA) is 78.4 Å². The number of carbonyl (C=O) groups excluding carboxylic acids is 2. The third-order valence-electron chi connectivity index (χ3n) is 3.51. The number of rotatable bonds is 5. The van der Waals surface area contributed by atoms with E-state index in [0.717, 1.165) is 5.56 Å². The monoisotopic (exact) mass is 340 g/mol. The van der Waals surface area contributed by atoms with Crippen LogP contribution in [-0.4, -0.2) is 22.5 Å². The van der Waals surface area contributed by atoms with Crippen molar-refractivity contribution in [3.63, 3.8) is 0 Å². The fourth-order valence-corrected chi connectivity index (χ4v) is 2.34. The van der Waals surface area contributed by atoms with Crippen LogP contribution < -0.4 is 10.6 Å². The molecule has 0 aromatic heterocycles. The van der Waals surface area contributed by atoms with Crippen molar-refractivity contribution >= 4 is 17.5 Å². The standard InChI is InChI=1S/C20H24N2O3/c1-20(2,3)22-19(25)15-8-6-9-16(13-15)21-18(24)12-11-14-7-4-5-10-17(14)23/h4-10,13,23H,11-12H2,1-3H3,(H,21,24)(H,22,25). The van der Waals surface area contributed by atoms with Gasteiger partial charge in [0.2, 0.25) is 5.91 Å². The van der Waals surface area contributed by atoms with E-state index in [-0.39, 0.29) is 29.5 Å². The summed E-state index contributed by atoms with van der Waals surface area (Å²) in [6, 6.07) is 13.8. The SMILES string of the molecule is CC(C)(C)NC(=O)c1cccc(NC(=O)CCc2ccccc2O)c1. The Morgan fingerprint density at radius 1 is 1.04 bits per heavy atom. The third-order valence-corrected chi connectivity index (χ3v) is 3.51. The molecule has 2 rings (SSSR count). The summed E-state index contributed by atoms with van der Waals surface area (Å²) >= 11 is 0. The van der Waals surface area contributed by atoms with E-state index in [1.807, 2.05) is 26.8 Å². The van der Waals surface area contributed by atoms with Gasteiger partial charge in [-0.15, -0.1) is 0 Å². The second-order valence-electron chi connectivity index (χ2n) is 6.96. The van der Waals surface area contributed by atoms with E-state index in [2.05, 4.69) is 10.6 Å². The predicted octanol–water partition coefficient (Wildman–Crippen LogP) is 3.49. The molecular weight excluding hydrogens is 316 g/mol. The van der Waals surface area contributed by atoms with Crippen LogP contribution in [-0.2, 0) is 11.2 Å². The predicted molar refractivity (Wildman–Crippen MR) is 98.7 cm³/mol. The third kappa shape index (κ3) is 5.95. The number of benzene rings is 2. The highest BCUT2D eigenvalue weighted by Gasteiger charge is 2.15. The molecule has 0 unspecified atom stereocenters. The van der Waals surface area contributed by atoms with Gasteiger partial charge in [0.25, 0.3) is 5.91 Å². The molecule has 5 heteroatoms. The molecule has 0 aliphatic rings. The number of amides is 2. The van der Waals surface area contributed by atoms with Gasteiger partial charge in [-0.2, -0.15) is 0 Å². The number of para-hydroxylation sites is 1. The Bertz CT molecular complexity index is 764. The van der Waals surface area contributed by atoms with Crippen molar-refractivity contribution in [2.24, 2.45) is 0 Å². The molecule has 2 amide bonds. The Morgan fingerprint density at radius 2 is 1.76 bits per heavy atom. The minimum Gasteiger partial charge on any atom is -0.508 e. The highest BCUT2D eigenvalue weighted by Crippen LogP contribution is 2.18. The molecule has 0 saturated heterocycles. The molecule has 0 bridgehead atoms. The van der Waals surface area contributed by atoms with Crippen LogP contribution in [0.4, 0.5) is 5.69 Å². The summed E-state index contributed by atoms with van der Waals surface area (Å²) in [6.45, 7) is 5.74. The van der Waals surface area contributed by atoms with Gasteiger partial charge < -0.3 is 15.7 Å². The van der Waals surface area contributed by atoms with Crippen molar-refractivity contribution in [3.05, 3.63) is 59.7 Å². The van der Waals surface area contributed by atoms with Crippen molar-refractivity contribution in [1.82, 2.24) is 5.32 Å². The fraction of sp³-hybridized carbons (Fsp3) is 0.300. The van der Waals surface area contributed by atoms with Crippen molar-refractivity contribution in [1.29, 1.82) is 0 Å². The highest BCUT2D eigenvalue weighted by molar-refractivity contribution is 5.97. The summed E-state index contributed by atoms with van der Waals surface area (Å²) in [4.78, 5) is 24.3. The molecular formula is C20H24N2O3. The Morgan fingerprint density at radius 3 is 2.44 bits per heavy atom. The molecule has 0 saturated carbocycles. The second-order valence-corrected chi connectivity index (χ2v) is 6.96. The van der Waals surface area contributed by atoms with Crippen LogP contribution in [0.25, 0.3) is 0 Å². The van der Waals surface area contributed by atoms with Crippen LogP contribution in [0, 0.1) is 0 Å². The zero-order valence-corrected chi connectivity index (χ0v) is 14.8. The lowest BCUT2D eigenvalue weighted by atomic mass is 10.1. The van der Waals surface area contributed by atoms with E-state index < -0.39 is 0 Å². The van der Waals surface area contributed by atoms with Gasteiger partial charge in [-0.1, -0.05) is 24.3 Å². The fourth-order valence-electron chi connectivity index (χ4n) is 2.34. The summed E-state index contributed by atoms with van der Waals surface area (Å²) in [5, 5.41) is 15.4. The van der Waals surface area contributed by atoms with Crippen molar-refractivity contribution in [3.8, 4) is 5.75 Å². The zero-order valence-electron chi connectivity index (χ0n) is 14.8. The van der Waals surface area contributed by atoms with Gasteiger partial charge in [0.15, 0.2) is 0 Å². The smallest absolute Gasteiger partial charge is 0.251 e. The Labute approximate surface area is 148 Å². The lowest BCUT2D eigenvalue weighted by molar-refractivity contribution is -0.116. The summed E-state index contributed by atoms with van der Waals surface area (Å²) in [5.41, 5.74) is 1.47. The quantitative estimate of drug-likeness (QED) is 0.779. The maximum Gasteiger partial charge on any atom is 0.251 e. The van der Waals surface area contributed by atoms with E-state index in [1.54, 1.807) is 42.5 Å². The maximum absolute atomic E-state index is 12.2. The van der Waals surface area contributed by atoms with E-state index in [9.17, 15) is 14.7 Å². The first kappa shape index (κ1) is 18.5. The molecule has 25 heavy (non-hydrogen) atoms. The van der Waals surface area contributed by atoms with Crippen molar-refractivity contribution in [2.45, 2.75) is 39.2 Å². The summed E-state index contributed by atoms with van der Waals surface area (Å²) in [5.74, 6) is -0.161. The molecule has 0 aliphatic heterocycles. The number of hydrogen-bond donors (Lipinski definition) is 3. The maximum atomic E-state index is 12.2. The largest absolute Gasteiger partial charge is 0.508 e. The van der Waals surface area contributed by atoms with Gasteiger partial charge in [-0.05, 0) is 57.0 Å². The van der Waals surface area contributed by atoms with Crippen LogP contribution in [0.3, 0.4) is 0 Å². The normalized spacial score (nSPS) is 11.0. The van der Waals surface area contributed by atoms with Gasteiger partial charge >= 0.3 is 0 Å². The van der Waals surface area contributed by atoms with Crippen LogP contribution in [0.1, 0.15) is 43.1 Å². The van der Waals surface area contributed by atoms with Gasteiger partial charge in [0.05, 0.1) is 0 Å². The summed E-state index contributed by atoms with van der Waals surface area (Å²) in [6.07, 6.45) is 0.693. The highest BCUT2D eigenvalue weighted by atomic mass is 16.3. The van der Waals surface area contributed by atoms with E-state index in [4.69, 9.17) is 0 Å². The molecule has 0 spiro atoms. The van der Waals surface area contributed by atoms with Gasteiger partial charge in [0, 0.05) is 23.2 Å². The minimum absolute atomic E-state index is 0.170. The first-order chi connectivity index (χ1) is 11.7. The summed E-state index contributed by atoms with van der Waals surface area (Å²) in [7, 11) is 0. The van der Waals surface area contributed by atoms with Crippen LogP contribution >= 0.6 is 0 Å². The lowest BCUT2D eigenvalue weighted by Gasteiger charge is -2.20. The zero-order chi connectivity index (χ0) is 18.4. The number of anilines is 1. The average molecular weight is 340 g/mol. The second kappa shape index (κ2) is 7.83. The van der Waals surface area contributed by atoms with Crippen LogP contribution in [0.2, 0.25) is 0 Å². The molecule has 2 aromatic carbocycles. The Kier molecular flexibility index (Phi) is 5.80. The van der Waals surface area contributed by atoms with E-state index in [1.165, 1.54) is 0 Å². The number of aromatic hydroxyl groups is 1. The van der Waals surface area contributed by atoms with E-state index >= 15 is 0 Å². The molecule has 0 atom stereocenters. The first-order valence-corrected chi connectivity index (χ1v) is 8.24. The Hall–Kier alpha value is -2.82.